The number of ether oxygens (including phenoxy) is 1. The number of nitrogens with two attached hydrogens (primary N) is 1. The van der Waals surface area contributed by atoms with Crippen molar-refractivity contribution in [3.63, 3.8) is 0 Å². The van der Waals surface area contributed by atoms with Gasteiger partial charge in [-0.05, 0) is 25.0 Å². The Bertz CT molecular complexity index is 455. The van der Waals surface area contributed by atoms with Gasteiger partial charge in [0.25, 0.3) is 0 Å². The van der Waals surface area contributed by atoms with Crippen LogP contribution in [0.5, 0.6) is 0 Å². The zero-order chi connectivity index (χ0) is 19.9. The van der Waals surface area contributed by atoms with Gasteiger partial charge in [-0.15, -0.1) is 0 Å². The van der Waals surface area contributed by atoms with E-state index in [1.807, 2.05) is 0 Å². The Hall–Kier alpha value is -0.760. The van der Waals surface area contributed by atoms with E-state index in [1.54, 1.807) is 0 Å². The molecule has 0 aromatic rings. The fourth-order valence-electron chi connectivity index (χ4n) is 4.33. The van der Waals surface area contributed by atoms with E-state index in [-0.39, 0.29) is 5.54 Å². The molecule has 1 saturated carbocycles. The maximum Gasteiger partial charge on any atom is 0.115 e. The Kier molecular flexibility index (Phi) is 12.0. The molecule has 2 nitrogen and oxygen atoms in total. The third-order valence-electron chi connectivity index (χ3n) is 6.54. The minimum atomic E-state index is -0.0270. The van der Waals surface area contributed by atoms with E-state index < -0.39 is 0 Å². The van der Waals surface area contributed by atoms with Crippen LogP contribution < -0.4 is 5.73 Å². The zero-order valence-electron chi connectivity index (χ0n) is 18.7. The second-order valence-corrected chi connectivity index (χ2v) is 9.33. The smallest absolute Gasteiger partial charge is 0.115 e. The molecule has 0 saturated heterocycles. The lowest BCUT2D eigenvalue weighted by Gasteiger charge is -2.12. The third-order valence-corrected chi connectivity index (χ3v) is 6.54. The summed E-state index contributed by atoms with van der Waals surface area (Å²) in [7, 11) is 0. The Balaban J connectivity index is 1.23. The van der Waals surface area contributed by atoms with Gasteiger partial charge in [-0.2, -0.15) is 0 Å². The van der Waals surface area contributed by atoms with E-state index in [2.05, 4.69) is 25.2 Å². The predicted molar refractivity (Wildman–Crippen MR) is 122 cm³/mol. The molecule has 28 heavy (non-hydrogen) atoms. The summed E-state index contributed by atoms with van der Waals surface area (Å²) < 4.78 is 5.87. The molecule has 0 aromatic heterocycles. The van der Waals surface area contributed by atoms with E-state index in [1.165, 1.54) is 109 Å². The molecule has 2 N–H and O–H groups in total. The lowest BCUT2D eigenvalue weighted by molar-refractivity contribution is 0.214. The minimum Gasteiger partial charge on any atom is -0.494 e. The molecule has 0 bridgehead atoms. The van der Waals surface area contributed by atoms with Gasteiger partial charge in [0, 0.05) is 11.5 Å². The number of hydrogen-bond acceptors (Lipinski definition) is 2. The standard InChI is InChI=1S/C26H47NO/c1-2-3-4-5-6-7-8-9-10-11-12-13-14-15-16-17-18-21-28-25-19-20-26(27)23-24(26)22-25/h19-20,22,24H,2-18,21,23,27H2,1H3. The molecule has 0 amide bonds. The number of allylic oxidation sites excluding steroid dienone is 1. The first-order chi connectivity index (χ1) is 13.7. The van der Waals surface area contributed by atoms with Crippen molar-refractivity contribution in [3.8, 4) is 0 Å². The highest BCUT2D eigenvalue weighted by Crippen LogP contribution is 2.46. The van der Waals surface area contributed by atoms with Gasteiger partial charge in [-0.3, -0.25) is 0 Å². The molecule has 2 unspecified atom stereocenters. The maximum absolute atomic E-state index is 6.13. The van der Waals surface area contributed by atoms with Crippen LogP contribution in [0.4, 0.5) is 0 Å². The van der Waals surface area contributed by atoms with Crippen molar-refractivity contribution in [2.24, 2.45) is 11.7 Å². The fraction of sp³-hybridized carbons (Fsp3) is 0.846. The van der Waals surface area contributed by atoms with Crippen LogP contribution in [-0.2, 0) is 4.74 Å². The molecule has 2 aliphatic carbocycles. The molecule has 162 valence electrons. The van der Waals surface area contributed by atoms with Gasteiger partial charge in [-0.1, -0.05) is 116 Å². The van der Waals surface area contributed by atoms with E-state index in [9.17, 15) is 0 Å². The summed E-state index contributed by atoms with van der Waals surface area (Å²) in [6.07, 6.45) is 31.6. The van der Waals surface area contributed by atoms with Gasteiger partial charge in [0.15, 0.2) is 0 Å². The lowest BCUT2D eigenvalue weighted by Crippen LogP contribution is -2.23. The number of rotatable bonds is 19. The van der Waals surface area contributed by atoms with Crippen LogP contribution in [0.1, 0.15) is 122 Å². The van der Waals surface area contributed by atoms with Gasteiger partial charge >= 0.3 is 0 Å². The molecule has 0 radical (unpaired) electrons. The highest BCUT2D eigenvalue weighted by Gasteiger charge is 2.49. The Labute approximate surface area is 175 Å². The average molecular weight is 390 g/mol. The summed E-state index contributed by atoms with van der Waals surface area (Å²) >= 11 is 0. The predicted octanol–water partition coefficient (Wildman–Crippen LogP) is 7.83. The summed E-state index contributed by atoms with van der Waals surface area (Å²) in [5.74, 6) is 1.57. The largest absolute Gasteiger partial charge is 0.494 e. The van der Waals surface area contributed by atoms with Crippen LogP contribution in [-0.4, -0.2) is 12.1 Å². The van der Waals surface area contributed by atoms with E-state index >= 15 is 0 Å². The molecule has 0 aromatic carbocycles. The summed E-state index contributed by atoms with van der Waals surface area (Å²) in [5.41, 5.74) is 6.10. The molecule has 2 heteroatoms. The van der Waals surface area contributed by atoms with Crippen LogP contribution in [0.25, 0.3) is 0 Å². The normalized spacial score (nSPS) is 22.8. The van der Waals surface area contributed by atoms with Crippen molar-refractivity contribution in [1.82, 2.24) is 0 Å². The van der Waals surface area contributed by atoms with Crippen LogP contribution in [0.3, 0.4) is 0 Å². The van der Waals surface area contributed by atoms with Crippen molar-refractivity contribution in [2.75, 3.05) is 6.61 Å². The maximum atomic E-state index is 6.13. The topological polar surface area (TPSA) is 35.2 Å². The fourth-order valence-corrected chi connectivity index (χ4v) is 4.33. The first-order valence-corrected chi connectivity index (χ1v) is 12.6. The second kappa shape index (κ2) is 14.3. The first kappa shape index (κ1) is 23.5. The molecule has 0 spiro atoms. The molecule has 2 atom stereocenters. The van der Waals surface area contributed by atoms with Gasteiger partial charge in [0.05, 0.1) is 6.61 Å². The van der Waals surface area contributed by atoms with Gasteiger partial charge in [0.1, 0.15) is 5.76 Å². The van der Waals surface area contributed by atoms with E-state index in [4.69, 9.17) is 10.5 Å². The van der Waals surface area contributed by atoms with E-state index in [0.717, 1.165) is 18.8 Å². The number of unbranched alkanes of at least 4 members (excludes halogenated alkanes) is 16. The summed E-state index contributed by atoms with van der Waals surface area (Å²) in [4.78, 5) is 0. The molecular formula is C26H47NO. The molecule has 1 fully saturated rings. The average Bonchev–Trinajstić information content (AvgIpc) is 3.37. The van der Waals surface area contributed by atoms with Crippen molar-refractivity contribution in [3.05, 3.63) is 24.0 Å². The van der Waals surface area contributed by atoms with Crippen molar-refractivity contribution in [1.29, 1.82) is 0 Å². The van der Waals surface area contributed by atoms with Crippen LogP contribution >= 0.6 is 0 Å². The lowest BCUT2D eigenvalue weighted by atomic mass is 10.0. The SMILES string of the molecule is CCCCCCCCCCCCCCCCCCCOC1=CC2CC2(N)C=C1. The third kappa shape index (κ3) is 10.1. The van der Waals surface area contributed by atoms with Crippen LogP contribution in [0.15, 0.2) is 24.0 Å². The highest BCUT2D eigenvalue weighted by atomic mass is 16.5. The van der Waals surface area contributed by atoms with Gasteiger partial charge in [-0.25, -0.2) is 0 Å². The van der Waals surface area contributed by atoms with Crippen LogP contribution in [0, 0.1) is 5.92 Å². The quantitative estimate of drug-likeness (QED) is 0.228. The summed E-state index contributed by atoms with van der Waals surface area (Å²) in [5, 5.41) is 0. The second-order valence-electron chi connectivity index (χ2n) is 9.33. The molecule has 0 heterocycles. The van der Waals surface area contributed by atoms with E-state index in [0.29, 0.717) is 5.92 Å². The minimum absolute atomic E-state index is 0.0270. The molecule has 0 aliphatic heterocycles. The molecule has 2 aliphatic rings. The number of fused-ring (bicyclic) bond motifs is 1. The van der Waals surface area contributed by atoms with Crippen LogP contribution in [0.2, 0.25) is 0 Å². The Morgan fingerprint density at radius 3 is 1.71 bits per heavy atom. The van der Waals surface area contributed by atoms with Crippen molar-refractivity contribution < 1.29 is 4.74 Å². The summed E-state index contributed by atoms with van der Waals surface area (Å²) in [6, 6.07) is 0. The van der Waals surface area contributed by atoms with Crippen molar-refractivity contribution in [2.45, 2.75) is 128 Å². The Morgan fingerprint density at radius 1 is 0.786 bits per heavy atom. The first-order valence-electron chi connectivity index (χ1n) is 12.6. The van der Waals surface area contributed by atoms with Gasteiger partial charge in [0.2, 0.25) is 0 Å². The number of hydrogen-bond donors (Lipinski definition) is 1. The highest BCUT2D eigenvalue weighted by molar-refractivity contribution is 5.36. The molecular weight excluding hydrogens is 342 g/mol. The van der Waals surface area contributed by atoms with Gasteiger partial charge < -0.3 is 10.5 Å². The monoisotopic (exact) mass is 389 g/mol. The Morgan fingerprint density at radius 2 is 1.25 bits per heavy atom. The van der Waals surface area contributed by atoms with Crippen molar-refractivity contribution >= 4 is 0 Å². The summed E-state index contributed by atoms with van der Waals surface area (Å²) in [6.45, 7) is 3.15. The zero-order valence-corrected chi connectivity index (χ0v) is 18.7. The molecule has 2 rings (SSSR count).